The Morgan fingerprint density at radius 2 is 2.10 bits per heavy atom. The second-order valence-electron chi connectivity index (χ2n) is 4.46. The molecule has 1 aromatic heterocycles. The van der Waals surface area contributed by atoms with Crippen LogP contribution in [0.3, 0.4) is 0 Å². The summed E-state index contributed by atoms with van der Waals surface area (Å²) in [4.78, 5) is -0.0899. The molecular formula is C13H15ClN2O3S. The largest absolute Gasteiger partial charge is 0.469 e. The van der Waals surface area contributed by atoms with E-state index in [0.717, 1.165) is 0 Å². The molecule has 2 rings (SSSR count). The predicted octanol–water partition coefficient (Wildman–Crippen LogP) is 2.42. The van der Waals surface area contributed by atoms with Crippen molar-refractivity contribution in [2.24, 2.45) is 0 Å². The van der Waals surface area contributed by atoms with Crippen molar-refractivity contribution < 1.29 is 12.8 Å². The smallest absolute Gasteiger partial charge is 0.244 e. The van der Waals surface area contributed by atoms with Crippen LogP contribution in [-0.2, 0) is 16.4 Å². The van der Waals surface area contributed by atoms with E-state index in [1.807, 2.05) is 0 Å². The molecule has 20 heavy (non-hydrogen) atoms. The fraction of sp³-hybridized carbons (Fsp3) is 0.231. The van der Waals surface area contributed by atoms with Crippen LogP contribution in [0.4, 0.5) is 5.69 Å². The Morgan fingerprint density at radius 3 is 2.70 bits per heavy atom. The van der Waals surface area contributed by atoms with Gasteiger partial charge in [0.2, 0.25) is 10.0 Å². The maximum absolute atomic E-state index is 12.3. The zero-order valence-corrected chi connectivity index (χ0v) is 12.4. The average molecular weight is 315 g/mol. The summed E-state index contributed by atoms with van der Waals surface area (Å²) < 4.78 is 32.3. The van der Waals surface area contributed by atoms with Crippen molar-refractivity contribution in [1.82, 2.24) is 4.72 Å². The molecule has 0 amide bonds. The minimum Gasteiger partial charge on any atom is -0.469 e. The van der Waals surface area contributed by atoms with Gasteiger partial charge in [0, 0.05) is 12.5 Å². The Labute approximate surface area is 122 Å². The highest BCUT2D eigenvalue weighted by Crippen LogP contribution is 2.27. The lowest BCUT2D eigenvalue weighted by Crippen LogP contribution is -2.34. The van der Waals surface area contributed by atoms with E-state index in [1.54, 1.807) is 31.4 Å². The Morgan fingerprint density at radius 1 is 1.35 bits per heavy atom. The molecule has 1 heterocycles. The Balaban J connectivity index is 2.19. The first-order valence-corrected chi connectivity index (χ1v) is 7.85. The lowest BCUT2D eigenvalue weighted by molar-refractivity contribution is 0.479. The molecule has 7 heteroatoms. The topological polar surface area (TPSA) is 85.3 Å². The first kappa shape index (κ1) is 14.9. The quantitative estimate of drug-likeness (QED) is 0.830. The van der Waals surface area contributed by atoms with Crippen molar-refractivity contribution in [3.05, 3.63) is 47.4 Å². The number of nitrogens with two attached hydrogens (primary N) is 1. The van der Waals surface area contributed by atoms with Crippen molar-refractivity contribution in [2.45, 2.75) is 24.3 Å². The molecule has 0 aliphatic heterocycles. The maximum Gasteiger partial charge on any atom is 0.244 e. The SMILES string of the molecule is CC(Cc1ccco1)NS(=O)(=O)c1c(N)cccc1Cl. The molecule has 0 fully saturated rings. The van der Waals surface area contributed by atoms with Crippen molar-refractivity contribution in [3.8, 4) is 0 Å². The van der Waals surface area contributed by atoms with Crippen LogP contribution in [-0.4, -0.2) is 14.5 Å². The fourth-order valence-electron chi connectivity index (χ4n) is 1.90. The van der Waals surface area contributed by atoms with Crippen LogP contribution in [0, 0.1) is 0 Å². The second kappa shape index (κ2) is 5.87. The highest BCUT2D eigenvalue weighted by molar-refractivity contribution is 7.89. The number of nitrogen functional groups attached to an aromatic ring is 1. The number of nitrogens with one attached hydrogen (secondary N) is 1. The fourth-order valence-corrected chi connectivity index (χ4v) is 3.83. The Hall–Kier alpha value is -1.50. The molecule has 0 saturated heterocycles. The van der Waals surface area contributed by atoms with Crippen LogP contribution in [0.2, 0.25) is 5.02 Å². The van der Waals surface area contributed by atoms with E-state index < -0.39 is 10.0 Å². The minimum absolute atomic E-state index is 0.0899. The summed E-state index contributed by atoms with van der Waals surface area (Å²) in [6, 6.07) is 7.78. The predicted molar refractivity (Wildman–Crippen MR) is 78.1 cm³/mol. The Bertz CT molecular complexity index is 663. The summed E-state index contributed by atoms with van der Waals surface area (Å²) in [6.07, 6.45) is 1.99. The minimum atomic E-state index is -3.77. The van der Waals surface area contributed by atoms with E-state index in [1.165, 1.54) is 12.1 Å². The van der Waals surface area contributed by atoms with Crippen LogP contribution in [0.1, 0.15) is 12.7 Å². The molecule has 1 aromatic carbocycles. The normalized spacial score (nSPS) is 13.3. The van der Waals surface area contributed by atoms with Crippen LogP contribution < -0.4 is 10.5 Å². The second-order valence-corrected chi connectivity index (χ2v) is 6.52. The van der Waals surface area contributed by atoms with E-state index in [-0.39, 0.29) is 21.6 Å². The summed E-state index contributed by atoms with van der Waals surface area (Å²) in [5, 5.41) is 0.0997. The highest BCUT2D eigenvalue weighted by Gasteiger charge is 2.23. The summed E-state index contributed by atoms with van der Waals surface area (Å²) in [5.41, 5.74) is 5.82. The van der Waals surface area contributed by atoms with Gasteiger partial charge < -0.3 is 10.2 Å². The van der Waals surface area contributed by atoms with Gasteiger partial charge in [-0.1, -0.05) is 17.7 Å². The van der Waals surface area contributed by atoms with Gasteiger partial charge in [-0.15, -0.1) is 0 Å². The lowest BCUT2D eigenvalue weighted by atomic mass is 10.2. The molecule has 0 saturated carbocycles. The third-order valence-corrected chi connectivity index (χ3v) is 4.84. The van der Waals surface area contributed by atoms with Crippen molar-refractivity contribution >= 4 is 27.3 Å². The molecule has 108 valence electrons. The molecule has 0 aliphatic carbocycles. The summed E-state index contributed by atoms with van der Waals surface area (Å²) in [6.45, 7) is 1.74. The number of anilines is 1. The van der Waals surface area contributed by atoms with Gasteiger partial charge >= 0.3 is 0 Å². The van der Waals surface area contributed by atoms with Crippen LogP contribution in [0.15, 0.2) is 45.9 Å². The van der Waals surface area contributed by atoms with Crippen molar-refractivity contribution in [1.29, 1.82) is 0 Å². The van der Waals surface area contributed by atoms with Gasteiger partial charge in [-0.25, -0.2) is 13.1 Å². The number of benzene rings is 1. The summed E-state index contributed by atoms with van der Waals surface area (Å²) >= 11 is 5.92. The molecule has 0 bridgehead atoms. The van der Waals surface area contributed by atoms with Crippen molar-refractivity contribution in [2.75, 3.05) is 5.73 Å². The van der Waals surface area contributed by atoms with Crippen LogP contribution in [0.25, 0.3) is 0 Å². The highest BCUT2D eigenvalue weighted by atomic mass is 35.5. The molecule has 0 radical (unpaired) electrons. The van der Waals surface area contributed by atoms with Gasteiger partial charge in [0.25, 0.3) is 0 Å². The van der Waals surface area contributed by atoms with E-state index in [0.29, 0.717) is 12.2 Å². The summed E-state index contributed by atoms with van der Waals surface area (Å²) in [5.74, 6) is 0.701. The van der Waals surface area contributed by atoms with E-state index in [9.17, 15) is 8.42 Å². The first-order valence-electron chi connectivity index (χ1n) is 5.99. The molecule has 0 aliphatic rings. The standard InChI is InChI=1S/C13H15ClN2O3S/c1-9(8-10-4-3-7-19-10)16-20(17,18)13-11(14)5-2-6-12(13)15/h2-7,9,16H,8,15H2,1H3. The molecule has 1 unspecified atom stereocenters. The van der Waals surface area contributed by atoms with Crippen molar-refractivity contribution in [3.63, 3.8) is 0 Å². The first-order chi connectivity index (χ1) is 9.40. The molecular weight excluding hydrogens is 300 g/mol. The van der Waals surface area contributed by atoms with Gasteiger partial charge in [0.15, 0.2) is 0 Å². The number of hydrogen-bond acceptors (Lipinski definition) is 4. The average Bonchev–Trinajstić information content (AvgIpc) is 2.79. The number of halogens is 1. The van der Waals surface area contributed by atoms with Crippen LogP contribution >= 0.6 is 11.6 Å². The number of rotatable bonds is 5. The zero-order valence-electron chi connectivity index (χ0n) is 10.8. The van der Waals surface area contributed by atoms with Gasteiger partial charge in [0.1, 0.15) is 10.7 Å². The van der Waals surface area contributed by atoms with E-state index in [4.69, 9.17) is 21.8 Å². The molecule has 0 spiro atoms. The van der Waals surface area contributed by atoms with Gasteiger partial charge in [0.05, 0.1) is 17.0 Å². The number of sulfonamides is 1. The third kappa shape index (κ3) is 3.33. The summed E-state index contributed by atoms with van der Waals surface area (Å²) in [7, 11) is -3.77. The molecule has 1 atom stereocenters. The monoisotopic (exact) mass is 314 g/mol. The van der Waals surface area contributed by atoms with E-state index in [2.05, 4.69) is 4.72 Å². The Kier molecular flexibility index (Phi) is 4.37. The maximum atomic E-state index is 12.3. The molecule has 3 N–H and O–H groups in total. The zero-order chi connectivity index (χ0) is 14.8. The molecule has 2 aromatic rings. The van der Waals surface area contributed by atoms with Gasteiger partial charge in [-0.3, -0.25) is 0 Å². The van der Waals surface area contributed by atoms with E-state index >= 15 is 0 Å². The molecule has 5 nitrogen and oxygen atoms in total. The van der Waals surface area contributed by atoms with Gasteiger partial charge in [-0.05, 0) is 31.2 Å². The van der Waals surface area contributed by atoms with Crippen LogP contribution in [0.5, 0.6) is 0 Å². The number of hydrogen-bond donors (Lipinski definition) is 2. The third-order valence-electron chi connectivity index (χ3n) is 2.71. The number of furan rings is 1. The van der Waals surface area contributed by atoms with Gasteiger partial charge in [-0.2, -0.15) is 0 Å². The lowest BCUT2D eigenvalue weighted by Gasteiger charge is -2.15.